The molecule has 1 atom stereocenters. The van der Waals surface area contributed by atoms with Gasteiger partial charge in [0.1, 0.15) is 18.1 Å². The van der Waals surface area contributed by atoms with E-state index in [1.165, 1.54) is 10.6 Å². The largest absolute Gasteiger partial charge is 0.375 e. The Balaban J connectivity index is 1.61. The summed E-state index contributed by atoms with van der Waals surface area (Å²) in [5.41, 5.74) is 1.49. The maximum absolute atomic E-state index is 12.6. The fourth-order valence-corrected chi connectivity index (χ4v) is 4.77. The van der Waals surface area contributed by atoms with Crippen LogP contribution < -0.4 is 5.32 Å². The van der Waals surface area contributed by atoms with Gasteiger partial charge in [0.25, 0.3) is 0 Å². The maximum Gasteiger partial charge on any atom is 0.220 e. The van der Waals surface area contributed by atoms with Crippen LogP contribution in [0.15, 0.2) is 52.2 Å². The summed E-state index contributed by atoms with van der Waals surface area (Å²) in [4.78, 5) is 6.84. The second-order valence-electron chi connectivity index (χ2n) is 6.96. The molecule has 164 valence electrons. The summed E-state index contributed by atoms with van der Waals surface area (Å²) in [5.74, 6) is 0.619. The Hall–Kier alpha value is -2.43. The van der Waals surface area contributed by atoms with Crippen molar-refractivity contribution in [1.29, 1.82) is 0 Å². The summed E-state index contributed by atoms with van der Waals surface area (Å²) >= 11 is 0. The molecule has 0 radical (unpaired) electrons. The van der Waals surface area contributed by atoms with Gasteiger partial charge < -0.3 is 19.5 Å². The van der Waals surface area contributed by atoms with Gasteiger partial charge in [-0.05, 0) is 12.5 Å². The molecule has 1 N–H and O–H groups in total. The SMILES string of the molecule is CCNC(=NCC(OC)c1ccccc1)N1CCN(S(=O)(=O)Cc2ccon2)CC1. The van der Waals surface area contributed by atoms with Crippen LogP contribution in [0.4, 0.5) is 0 Å². The van der Waals surface area contributed by atoms with Crippen LogP contribution in [0.5, 0.6) is 0 Å². The molecule has 3 rings (SSSR count). The van der Waals surface area contributed by atoms with Gasteiger partial charge >= 0.3 is 0 Å². The van der Waals surface area contributed by atoms with Crippen molar-refractivity contribution < 1.29 is 17.7 Å². The van der Waals surface area contributed by atoms with Crippen LogP contribution in [0.1, 0.15) is 24.3 Å². The first kappa shape index (κ1) is 22.3. The van der Waals surface area contributed by atoms with Gasteiger partial charge in [0.05, 0.1) is 12.2 Å². The van der Waals surface area contributed by atoms with Gasteiger partial charge in [0.2, 0.25) is 10.0 Å². The summed E-state index contributed by atoms with van der Waals surface area (Å²) in [7, 11) is -1.75. The molecular formula is C20H29N5O4S. The van der Waals surface area contributed by atoms with Crippen molar-refractivity contribution in [3.8, 4) is 0 Å². The van der Waals surface area contributed by atoms with E-state index in [4.69, 9.17) is 14.3 Å². The van der Waals surface area contributed by atoms with E-state index in [2.05, 4.69) is 15.4 Å². The molecule has 9 nitrogen and oxygen atoms in total. The quantitative estimate of drug-likeness (QED) is 0.495. The molecule has 1 aliphatic rings. The molecule has 1 aliphatic heterocycles. The number of piperazine rings is 1. The molecule has 0 spiro atoms. The zero-order valence-electron chi connectivity index (χ0n) is 17.4. The average molecular weight is 436 g/mol. The third-order valence-corrected chi connectivity index (χ3v) is 6.76. The van der Waals surface area contributed by atoms with Crippen LogP contribution in [-0.4, -0.2) is 75.1 Å². The lowest BCUT2D eigenvalue weighted by Gasteiger charge is -2.35. The van der Waals surface area contributed by atoms with Crippen molar-refractivity contribution in [1.82, 2.24) is 19.7 Å². The number of aliphatic imine (C=N–C) groups is 1. The predicted octanol–water partition coefficient (Wildman–Crippen LogP) is 1.48. The standard InChI is InChI=1S/C20H29N5O4S/c1-3-21-20(22-15-19(28-2)17-7-5-4-6-8-17)24-10-12-25(13-11-24)30(26,27)16-18-9-14-29-23-18/h4-9,14,19H,3,10-13,15-16H2,1-2H3,(H,21,22). The van der Waals surface area contributed by atoms with Crippen LogP contribution in [0, 0.1) is 0 Å². The number of nitrogens with one attached hydrogen (secondary N) is 1. The van der Waals surface area contributed by atoms with Crippen molar-refractivity contribution in [2.24, 2.45) is 4.99 Å². The molecule has 2 heterocycles. The molecule has 0 saturated carbocycles. The Labute approximate surface area is 177 Å². The highest BCUT2D eigenvalue weighted by Gasteiger charge is 2.29. The van der Waals surface area contributed by atoms with Crippen molar-refractivity contribution in [2.45, 2.75) is 18.8 Å². The van der Waals surface area contributed by atoms with Gasteiger partial charge in [0.15, 0.2) is 5.96 Å². The van der Waals surface area contributed by atoms with E-state index in [0.29, 0.717) is 38.4 Å². The normalized spacial score (nSPS) is 17.1. The molecule has 1 aromatic carbocycles. The minimum absolute atomic E-state index is 0.135. The number of sulfonamides is 1. The minimum Gasteiger partial charge on any atom is -0.375 e. The Morgan fingerprint density at radius 2 is 1.97 bits per heavy atom. The van der Waals surface area contributed by atoms with E-state index in [1.54, 1.807) is 13.2 Å². The van der Waals surface area contributed by atoms with Gasteiger partial charge in [-0.1, -0.05) is 35.5 Å². The molecule has 1 unspecified atom stereocenters. The van der Waals surface area contributed by atoms with Crippen molar-refractivity contribution in [3.05, 3.63) is 53.9 Å². The van der Waals surface area contributed by atoms with E-state index in [1.807, 2.05) is 37.3 Å². The number of nitrogens with zero attached hydrogens (tertiary/aromatic N) is 4. The fraction of sp³-hybridized carbons (Fsp3) is 0.500. The third-order valence-electron chi connectivity index (χ3n) is 4.95. The highest BCUT2D eigenvalue weighted by molar-refractivity contribution is 7.88. The molecule has 1 aromatic heterocycles. The average Bonchev–Trinajstić information content (AvgIpc) is 3.26. The fourth-order valence-electron chi connectivity index (χ4n) is 3.35. The minimum atomic E-state index is -3.43. The van der Waals surface area contributed by atoms with E-state index in [0.717, 1.165) is 18.1 Å². The Morgan fingerprint density at radius 1 is 1.23 bits per heavy atom. The van der Waals surface area contributed by atoms with Crippen molar-refractivity contribution >= 4 is 16.0 Å². The lowest BCUT2D eigenvalue weighted by atomic mass is 10.1. The van der Waals surface area contributed by atoms with E-state index in [9.17, 15) is 8.42 Å². The summed E-state index contributed by atoms with van der Waals surface area (Å²) in [6.45, 7) is 5.15. The molecule has 0 aliphatic carbocycles. The second-order valence-corrected chi connectivity index (χ2v) is 8.93. The van der Waals surface area contributed by atoms with Crippen molar-refractivity contribution in [3.63, 3.8) is 0 Å². The predicted molar refractivity (Wildman–Crippen MR) is 114 cm³/mol. The summed E-state index contributed by atoms with van der Waals surface area (Å²) in [6, 6.07) is 11.6. The van der Waals surface area contributed by atoms with Crippen LogP contribution in [0.2, 0.25) is 0 Å². The first-order valence-corrected chi connectivity index (χ1v) is 11.6. The number of aromatic nitrogens is 1. The van der Waals surface area contributed by atoms with E-state index >= 15 is 0 Å². The molecule has 10 heteroatoms. The zero-order valence-corrected chi connectivity index (χ0v) is 18.2. The highest BCUT2D eigenvalue weighted by Crippen LogP contribution is 2.17. The number of benzene rings is 1. The molecule has 0 amide bonds. The number of methoxy groups -OCH3 is 1. The summed E-state index contributed by atoms with van der Waals surface area (Å²) < 4.78 is 37.1. The van der Waals surface area contributed by atoms with Crippen LogP contribution in [0.3, 0.4) is 0 Å². The van der Waals surface area contributed by atoms with Crippen LogP contribution in [0.25, 0.3) is 0 Å². The molecule has 0 bridgehead atoms. The van der Waals surface area contributed by atoms with Gasteiger partial charge in [-0.3, -0.25) is 4.99 Å². The molecule has 30 heavy (non-hydrogen) atoms. The Bertz CT molecular complexity index is 895. The highest BCUT2D eigenvalue weighted by atomic mass is 32.2. The van der Waals surface area contributed by atoms with Gasteiger partial charge in [0, 0.05) is 45.9 Å². The number of hydrogen-bond acceptors (Lipinski definition) is 6. The smallest absolute Gasteiger partial charge is 0.220 e. The molecular weight excluding hydrogens is 406 g/mol. The van der Waals surface area contributed by atoms with Crippen LogP contribution >= 0.6 is 0 Å². The van der Waals surface area contributed by atoms with E-state index < -0.39 is 10.0 Å². The van der Waals surface area contributed by atoms with Crippen LogP contribution in [-0.2, 0) is 20.5 Å². The molecule has 2 aromatic rings. The van der Waals surface area contributed by atoms with E-state index in [-0.39, 0.29) is 11.9 Å². The zero-order chi connectivity index (χ0) is 21.4. The molecule has 1 fully saturated rings. The first-order chi connectivity index (χ1) is 14.5. The summed E-state index contributed by atoms with van der Waals surface area (Å²) in [6.07, 6.45) is 1.24. The third kappa shape index (κ3) is 5.80. The Morgan fingerprint density at radius 3 is 2.57 bits per heavy atom. The number of hydrogen-bond donors (Lipinski definition) is 1. The summed E-state index contributed by atoms with van der Waals surface area (Å²) in [5, 5.41) is 7.01. The number of ether oxygens (including phenoxy) is 1. The number of guanidine groups is 1. The van der Waals surface area contributed by atoms with Gasteiger partial charge in [-0.25, -0.2) is 8.42 Å². The lowest BCUT2D eigenvalue weighted by Crippen LogP contribution is -2.54. The maximum atomic E-state index is 12.6. The lowest BCUT2D eigenvalue weighted by molar-refractivity contribution is 0.110. The topological polar surface area (TPSA) is 100 Å². The first-order valence-electron chi connectivity index (χ1n) is 10.0. The van der Waals surface area contributed by atoms with Gasteiger partial charge in [-0.15, -0.1) is 0 Å². The van der Waals surface area contributed by atoms with Gasteiger partial charge in [-0.2, -0.15) is 4.31 Å². The second kappa shape index (κ2) is 10.6. The number of rotatable bonds is 8. The monoisotopic (exact) mass is 435 g/mol. The Kier molecular flexibility index (Phi) is 7.83. The molecule has 1 saturated heterocycles. The van der Waals surface area contributed by atoms with Crippen molar-refractivity contribution in [2.75, 3.05) is 46.4 Å².